The van der Waals surface area contributed by atoms with Gasteiger partial charge in [0.25, 0.3) is 5.56 Å². The van der Waals surface area contributed by atoms with Gasteiger partial charge in [-0.25, -0.2) is 9.97 Å². The first kappa shape index (κ1) is 18.7. The lowest BCUT2D eigenvalue weighted by Gasteiger charge is -2.18. The molecule has 3 aromatic rings. The fraction of sp³-hybridized carbons (Fsp3) is 0.273. The Kier molecular flexibility index (Phi) is 5.25. The molecule has 0 atom stereocenters. The van der Waals surface area contributed by atoms with Gasteiger partial charge in [0.05, 0.1) is 7.11 Å². The van der Waals surface area contributed by atoms with Crippen molar-refractivity contribution in [2.24, 2.45) is 0 Å². The van der Waals surface area contributed by atoms with Crippen molar-refractivity contribution < 1.29 is 4.74 Å². The van der Waals surface area contributed by atoms with Gasteiger partial charge in [0.2, 0.25) is 5.88 Å². The third-order valence-electron chi connectivity index (χ3n) is 5.10. The van der Waals surface area contributed by atoms with Crippen LogP contribution < -0.4 is 15.2 Å². The van der Waals surface area contributed by atoms with Gasteiger partial charge in [0.1, 0.15) is 11.9 Å². The van der Waals surface area contributed by atoms with Crippen LogP contribution >= 0.6 is 0 Å². The van der Waals surface area contributed by atoms with Crippen LogP contribution in [-0.2, 0) is 6.42 Å². The zero-order chi connectivity index (χ0) is 20.2. The lowest BCUT2D eigenvalue weighted by molar-refractivity contribution is 0.398. The molecule has 0 aliphatic carbocycles. The average Bonchev–Trinajstić information content (AvgIpc) is 3.29. The minimum absolute atomic E-state index is 0.0864. The summed E-state index contributed by atoms with van der Waals surface area (Å²) in [6, 6.07) is 13.7. The first-order valence-electron chi connectivity index (χ1n) is 9.56. The second-order valence-electron chi connectivity index (χ2n) is 6.94. The number of nitrogens with one attached hydrogen (secondary N) is 1. The number of anilines is 1. The molecular formula is C22H21N5O2. The quantitative estimate of drug-likeness (QED) is 0.723. The zero-order valence-corrected chi connectivity index (χ0v) is 16.2. The number of hydrogen-bond donors (Lipinski definition) is 1. The Balaban J connectivity index is 1.71. The van der Waals surface area contributed by atoms with Crippen molar-refractivity contribution in [2.75, 3.05) is 25.1 Å². The summed E-state index contributed by atoms with van der Waals surface area (Å²) in [6.07, 6.45) is 4.30. The normalized spacial score (nSPS) is 13.3. The number of nitrogens with zero attached hydrogens (tertiary/aromatic N) is 4. The number of hydrogen-bond acceptors (Lipinski definition) is 6. The van der Waals surface area contributed by atoms with Gasteiger partial charge in [0, 0.05) is 37.3 Å². The summed E-state index contributed by atoms with van der Waals surface area (Å²) < 4.78 is 5.14. The third kappa shape index (κ3) is 3.83. The summed E-state index contributed by atoms with van der Waals surface area (Å²) in [4.78, 5) is 26.2. The van der Waals surface area contributed by atoms with Crippen LogP contribution in [0.4, 0.5) is 5.82 Å². The molecule has 1 aromatic carbocycles. The highest BCUT2D eigenvalue weighted by Gasteiger charge is 2.21. The van der Waals surface area contributed by atoms with Crippen molar-refractivity contribution in [3.05, 3.63) is 69.9 Å². The molecule has 1 aliphatic rings. The molecule has 7 heteroatoms. The number of benzene rings is 1. The maximum Gasteiger partial charge on any atom is 0.271 e. The van der Waals surface area contributed by atoms with Gasteiger partial charge in [-0.1, -0.05) is 24.3 Å². The maximum atomic E-state index is 12.5. The standard InChI is InChI=1S/C22H21N5O2/c1-29-20-9-8-16(14-24-20)17-7-3-2-6-15(17)12-19-25-21(27-10-4-5-11-27)18(13-23)22(28)26-19/h2-3,6-9,14H,4-5,10-12H2,1H3,(H,25,26,28). The fourth-order valence-corrected chi connectivity index (χ4v) is 3.65. The SMILES string of the molecule is COc1ccc(-c2ccccc2Cc2nc(N3CCCC3)c(C#N)c(=O)[nH]2)cn1. The van der Waals surface area contributed by atoms with Crippen LogP contribution in [0.15, 0.2) is 47.4 Å². The Hall–Kier alpha value is -3.66. The predicted octanol–water partition coefficient (Wildman–Crippen LogP) is 2.90. The van der Waals surface area contributed by atoms with Crippen molar-refractivity contribution in [2.45, 2.75) is 19.3 Å². The molecular weight excluding hydrogens is 366 g/mol. The van der Waals surface area contributed by atoms with Gasteiger partial charge in [-0.3, -0.25) is 4.79 Å². The Bertz CT molecular complexity index is 1110. The average molecular weight is 387 g/mol. The molecule has 1 aliphatic heterocycles. The lowest BCUT2D eigenvalue weighted by atomic mass is 9.98. The zero-order valence-electron chi connectivity index (χ0n) is 16.2. The molecule has 0 radical (unpaired) electrons. The number of pyridine rings is 1. The van der Waals surface area contributed by atoms with Crippen LogP contribution in [-0.4, -0.2) is 35.2 Å². The fourth-order valence-electron chi connectivity index (χ4n) is 3.65. The highest BCUT2D eigenvalue weighted by Crippen LogP contribution is 2.26. The molecule has 0 saturated carbocycles. The number of aromatic nitrogens is 3. The van der Waals surface area contributed by atoms with Gasteiger partial charge < -0.3 is 14.6 Å². The van der Waals surface area contributed by atoms with Crippen LogP contribution in [0.3, 0.4) is 0 Å². The van der Waals surface area contributed by atoms with Crippen molar-refractivity contribution in [1.29, 1.82) is 5.26 Å². The molecule has 1 N–H and O–H groups in total. The van der Waals surface area contributed by atoms with Crippen LogP contribution in [0.5, 0.6) is 5.88 Å². The van der Waals surface area contributed by atoms with Gasteiger partial charge in [-0.05, 0) is 30.0 Å². The van der Waals surface area contributed by atoms with Gasteiger partial charge in [-0.15, -0.1) is 0 Å². The van der Waals surface area contributed by atoms with E-state index in [1.165, 1.54) is 0 Å². The first-order chi connectivity index (χ1) is 14.2. The summed E-state index contributed by atoms with van der Waals surface area (Å²) in [5, 5.41) is 9.42. The maximum absolute atomic E-state index is 12.5. The summed E-state index contributed by atoms with van der Waals surface area (Å²) in [5.41, 5.74) is 2.68. The number of rotatable bonds is 5. The van der Waals surface area contributed by atoms with Gasteiger partial charge in [0.15, 0.2) is 11.4 Å². The van der Waals surface area contributed by atoms with Crippen molar-refractivity contribution >= 4 is 5.82 Å². The Morgan fingerprint density at radius 3 is 2.69 bits per heavy atom. The number of nitriles is 1. The lowest BCUT2D eigenvalue weighted by Crippen LogP contribution is -2.26. The Labute approximate surface area is 168 Å². The van der Waals surface area contributed by atoms with E-state index in [0.29, 0.717) is 23.9 Å². The molecule has 146 valence electrons. The molecule has 1 saturated heterocycles. The molecule has 4 rings (SSSR count). The largest absolute Gasteiger partial charge is 0.481 e. The van der Waals surface area contributed by atoms with Crippen LogP contribution in [0.25, 0.3) is 11.1 Å². The Morgan fingerprint density at radius 1 is 1.21 bits per heavy atom. The van der Waals surface area contributed by atoms with Crippen LogP contribution in [0.1, 0.15) is 29.8 Å². The molecule has 0 bridgehead atoms. The molecule has 0 spiro atoms. The molecule has 29 heavy (non-hydrogen) atoms. The minimum Gasteiger partial charge on any atom is -0.481 e. The molecule has 3 heterocycles. The molecule has 2 aromatic heterocycles. The monoisotopic (exact) mass is 387 g/mol. The van der Waals surface area contributed by atoms with E-state index in [2.05, 4.69) is 15.0 Å². The van der Waals surface area contributed by atoms with E-state index in [-0.39, 0.29) is 11.1 Å². The second kappa shape index (κ2) is 8.15. The molecule has 0 unspecified atom stereocenters. The Morgan fingerprint density at radius 2 is 2.00 bits per heavy atom. The third-order valence-corrected chi connectivity index (χ3v) is 5.10. The van der Waals surface area contributed by atoms with E-state index in [9.17, 15) is 10.1 Å². The van der Waals surface area contributed by atoms with E-state index in [1.54, 1.807) is 13.3 Å². The summed E-state index contributed by atoms with van der Waals surface area (Å²) in [5.74, 6) is 1.59. The smallest absolute Gasteiger partial charge is 0.271 e. The number of aromatic amines is 1. The summed E-state index contributed by atoms with van der Waals surface area (Å²) in [7, 11) is 1.58. The van der Waals surface area contributed by atoms with E-state index in [0.717, 1.165) is 42.6 Å². The molecule has 1 fully saturated rings. The van der Waals surface area contributed by atoms with Crippen LogP contribution in [0, 0.1) is 11.3 Å². The van der Waals surface area contributed by atoms with Gasteiger partial charge >= 0.3 is 0 Å². The highest BCUT2D eigenvalue weighted by atomic mass is 16.5. The van der Waals surface area contributed by atoms with Crippen LogP contribution in [0.2, 0.25) is 0 Å². The highest BCUT2D eigenvalue weighted by molar-refractivity contribution is 5.67. The van der Waals surface area contributed by atoms with Crippen molar-refractivity contribution in [3.63, 3.8) is 0 Å². The predicted molar refractivity (Wildman–Crippen MR) is 110 cm³/mol. The number of methoxy groups -OCH3 is 1. The second-order valence-corrected chi connectivity index (χ2v) is 6.94. The summed E-state index contributed by atoms with van der Waals surface area (Å²) in [6.45, 7) is 1.64. The molecule has 7 nitrogen and oxygen atoms in total. The number of ether oxygens (including phenoxy) is 1. The van der Waals surface area contributed by atoms with E-state index in [1.807, 2.05) is 47.4 Å². The topological polar surface area (TPSA) is 94.9 Å². The van der Waals surface area contributed by atoms with Crippen molar-refractivity contribution in [3.8, 4) is 23.1 Å². The number of H-pyrrole nitrogens is 1. The molecule has 0 amide bonds. The van der Waals surface area contributed by atoms with E-state index < -0.39 is 0 Å². The minimum atomic E-state index is -0.386. The van der Waals surface area contributed by atoms with Gasteiger partial charge in [-0.2, -0.15) is 5.26 Å². The first-order valence-corrected chi connectivity index (χ1v) is 9.56. The summed E-state index contributed by atoms with van der Waals surface area (Å²) >= 11 is 0. The van der Waals surface area contributed by atoms with Crippen molar-refractivity contribution in [1.82, 2.24) is 15.0 Å². The van der Waals surface area contributed by atoms with E-state index in [4.69, 9.17) is 4.74 Å². The van der Waals surface area contributed by atoms with E-state index >= 15 is 0 Å².